The molecule has 230 valence electrons. The number of benzene rings is 5. The molecule has 0 atom stereocenters. The van der Waals surface area contributed by atoms with Crippen LogP contribution in [-0.2, 0) is 10.3 Å². The van der Waals surface area contributed by atoms with E-state index in [0.29, 0.717) is 11.4 Å². The van der Waals surface area contributed by atoms with E-state index < -0.39 is 5.54 Å². The predicted molar refractivity (Wildman–Crippen MR) is 183 cm³/mol. The zero-order chi connectivity index (χ0) is 31.7. The number of likely N-dealkylation sites (tertiary alicyclic amines) is 1. The van der Waals surface area contributed by atoms with Crippen LogP contribution in [0, 0.1) is 18.7 Å². The number of amides is 1. The Kier molecular flexibility index (Phi) is 7.97. The lowest BCUT2D eigenvalue weighted by molar-refractivity contribution is -0.121. The first-order valence-corrected chi connectivity index (χ1v) is 15.9. The van der Waals surface area contributed by atoms with Gasteiger partial charge in [0.15, 0.2) is 5.82 Å². The fraction of sp³-hybridized carbons (Fsp3) is 0.200. The van der Waals surface area contributed by atoms with Gasteiger partial charge in [0.25, 0.3) is 0 Å². The van der Waals surface area contributed by atoms with Gasteiger partial charge in [0.1, 0.15) is 11.4 Å². The number of carbonyl (C=O) groups is 1. The first kappa shape index (κ1) is 29.6. The number of piperidine rings is 1. The van der Waals surface area contributed by atoms with E-state index in [1.54, 1.807) is 6.07 Å². The van der Waals surface area contributed by atoms with Gasteiger partial charge in [-0.25, -0.2) is 9.07 Å². The molecule has 5 aromatic carbocycles. The number of nitrogens with zero attached hydrogens (tertiary/aromatic N) is 3. The van der Waals surface area contributed by atoms with Crippen molar-refractivity contribution in [1.29, 1.82) is 0 Å². The third-order valence-corrected chi connectivity index (χ3v) is 9.34. The molecule has 1 aliphatic rings. The summed E-state index contributed by atoms with van der Waals surface area (Å²) in [4.78, 5) is 16.0. The largest absolute Gasteiger partial charge is 0.308 e. The average Bonchev–Trinajstić information content (AvgIpc) is 3.44. The van der Waals surface area contributed by atoms with Gasteiger partial charge in [-0.15, -0.1) is 0 Å². The maximum atomic E-state index is 15.3. The summed E-state index contributed by atoms with van der Waals surface area (Å²) in [5, 5.41) is 9.28. The van der Waals surface area contributed by atoms with Gasteiger partial charge < -0.3 is 10.2 Å². The van der Waals surface area contributed by atoms with Crippen LogP contribution in [0.1, 0.15) is 35.1 Å². The molecule has 1 aromatic heterocycles. The minimum Gasteiger partial charge on any atom is -0.308 e. The molecular weight excluding hydrogens is 571 g/mol. The fourth-order valence-corrected chi connectivity index (χ4v) is 6.88. The Morgan fingerprint density at radius 3 is 1.89 bits per heavy atom. The minimum absolute atomic E-state index is 0.0312. The highest BCUT2D eigenvalue weighted by Gasteiger charge is 2.41. The zero-order valence-electron chi connectivity index (χ0n) is 26.2. The second-order valence-corrected chi connectivity index (χ2v) is 12.4. The van der Waals surface area contributed by atoms with Crippen molar-refractivity contribution in [2.24, 2.45) is 5.92 Å². The van der Waals surface area contributed by atoms with Gasteiger partial charge in [-0.3, -0.25) is 4.79 Å². The van der Waals surface area contributed by atoms with Crippen molar-refractivity contribution >= 4 is 22.6 Å². The molecule has 5 nitrogen and oxygen atoms in total. The van der Waals surface area contributed by atoms with Gasteiger partial charge in [0.2, 0.25) is 5.91 Å². The molecule has 0 bridgehead atoms. The molecule has 0 aliphatic carbocycles. The smallest absolute Gasteiger partial charge is 0.228 e. The second kappa shape index (κ2) is 12.4. The molecule has 0 spiro atoms. The first-order valence-electron chi connectivity index (χ1n) is 15.9. The zero-order valence-corrected chi connectivity index (χ0v) is 26.2. The van der Waals surface area contributed by atoms with Crippen LogP contribution >= 0.6 is 0 Å². The molecule has 1 N–H and O–H groups in total. The Balaban J connectivity index is 1.50. The topological polar surface area (TPSA) is 50.2 Å². The highest BCUT2D eigenvalue weighted by molar-refractivity contribution is 6.02. The first-order chi connectivity index (χ1) is 22.4. The summed E-state index contributed by atoms with van der Waals surface area (Å²) in [7, 11) is 2.09. The van der Waals surface area contributed by atoms with E-state index in [1.807, 2.05) is 96.5 Å². The van der Waals surface area contributed by atoms with Crippen LogP contribution in [0.3, 0.4) is 0 Å². The Labute approximate surface area is 269 Å². The van der Waals surface area contributed by atoms with E-state index in [4.69, 9.17) is 5.10 Å². The van der Waals surface area contributed by atoms with E-state index in [9.17, 15) is 4.79 Å². The lowest BCUT2D eigenvalue weighted by Gasteiger charge is -2.37. The van der Waals surface area contributed by atoms with Gasteiger partial charge in [0.05, 0.1) is 5.52 Å². The molecule has 7 rings (SSSR count). The summed E-state index contributed by atoms with van der Waals surface area (Å²) in [6, 6.07) is 42.3. The van der Waals surface area contributed by atoms with E-state index in [2.05, 4.69) is 53.7 Å². The quantitative estimate of drug-likeness (QED) is 0.186. The maximum Gasteiger partial charge on any atom is 0.228 e. The molecule has 6 aromatic rings. The predicted octanol–water partition coefficient (Wildman–Crippen LogP) is 8.27. The number of aromatic nitrogens is 2. The van der Waals surface area contributed by atoms with Crippen LogP contribution in [0.15, 0.2) is 127 Å². The number of carbonyl (C=O) groups excluding carboxylic acids is 1. The number of anilines is 1. The summed E-state index contributed by atoms with van der Waals surface area (Å²) in [5.41, 5.74) is 5.12. The minimum atomic E-state index is -0.880. The second-order valence-electron chi connectivity index (χ2n) is 12.4. The summed E-state index contributed by atoms with van der Waals surface area (Å²) < 4.78 is 17.3. The Bertz CT molecular complexity index is 1880. The monoisotopic (exact) mass is 608 g/mol. The van der Waals surface area contributed by atoms with Crippen molar-refractivity contribution in [3.8, 4) is 11.1 Å². The Morgan fingerprint density at radius 1 is 0.783 bits per heavy atom. The van der Waals surface area contributed by atoms with Gasteiger partial charge in [0, 0.05) is 16.9 Å². The third-order valence-electron chi connectivity index (χ3n) is 9.34. The van der Waals surface area contributed by atoms with Crippen LogP contribution in [0.25, 0.3) is 22.0 Å². The van der Waals surface area contributed by atoms with Gasteiger partial charge in [-0.05, 0) is 85.9 Å². The Morgan fingerprint density at radius 2 is 1.35 bits per heavy atom. The van der Waals surface area contributed by atoms with Crippen molar-refractivity contribution in [3.05, 3.63) is 155 Å². The summed E-state index contributed by atoms with van der Waals surface area (Å²) >= 11 is 0. The molecular formula is C40H37FN4O. The molecule has 1 saturated heterocycles. The summed E-state index contributed by atoms with van der Waals surface area (Å²) in [5.74, 6) is 0.0591. The molecule has 0 radical (unpaired) electrons. The molecule has 1 aliphatic heterocycles. The lowest BCUT2D eigenvalue weighted by atomic mass is 9.77. The standard InChI is InChI=1S/C40H37FN4O/c1-28-18-20-34(36(41)26-28)30-19-21-37-35(27-30)38(42-39(46)29-22-24-44(2)25-23-29)43-45(37)40(31-12-6-3-7-13-31,32-14-8-4-9-15-32)33-16-10-5-11-17-33/h3-21,26-27,29H,22-25H2,1-2H3,(H,42,43,46). The van der Waals surface area contributed by atoms with E-state index in [1.165, 1.54) is 0 Å². The molecule has 0 saturated carbocycles. The molecule has 0 unspecified atom stereocenters. The Hall–Kier alpha value is -5.07. The van der Waals surface area contributed by atoms with Crippen molar-refractivity contribution in [1.82, 2.24) is 14.7 Å². The number of fused-ring (bicyclic) bond motifs is 1. The number of nitrogens with one attached hydrogen (secondary N) is 1. The SMILES string of the molecule is Cc1ccc(-c2ccc3c(c2)c(NC(=O)C2CCN(C)CC2)nn3C(c2ccccc2)(c2ccccc2)c2ccccc2)c(F)c1. The van der Waals surface area contributed by atoms with E-state index >= 15 is 4.39 Å². The number of halogens is 1. The fourth-order valence-electron chi connectivity index (χ4n) is 6.88. The van der Waals surface area contributed by atoms with Gasteiger partial charge in [-0.2, -0.15) is 5.10 Å². The lowest BCUT2D eigenvalue weighted by Crippen LogP contribution is -2.39. The normalized spacial score (nSPS) is 14.4. The molecule has 46 heavy (non-hydrogen) atoms. The van der Waals surface area contributed by atoms with Gasteiger partial charge >= 0.3 is 0 Å². The maximum absolute atomic E-state index is 15.3. The molecule has 6 heteroatoms. The van der Waals surface area contributed by atoms with Crippen molar-refractivity contribution in [3.63, 3.8) is 0 Å². The van der Waals surface area contributed by atoms with Crippen molar-refractivity contribution in [2.45, 2.75) is 25.3 Å². The van der Waals surface area contributed by atoms with E-state index in [0.717, 1.165) is 64.7 Å². The number of hydrogen-bond acceptors (Lipinski definition) is 3. The highest BCUT2D eigenvalue weighted by Crippen LogP contribution is 2.44. The van der Waals surface area contributed by atoms with Crippen LogP contribution in [0.4, 0.5) is 10.2 Å². The van der Waals surface area contributed by atoms with Crippen molar-refractivity contribution in [2.75, 3.05) is 25.5 Å². The molecule has 1 fully saturated rings. The number of rotatable bonds is 7. The highest BCUT2D eigenvalue weighted by atomic mass is 19.1. The number of hydrogen-bond donors (Lipinski definition) is 1. The van der Waals surface area contributed by atoms with E-state index in [-0.39, 0.29) is 17.6 Å². The van der Waals surface area contributed by atoms with Crippen molar-refractivity contribution < 1.29 is 9.18 Å². The summed E-state index contributed by atoms with van der Waals surface area (Å²) in [6.07, 6.45) is 1.59. The number of aryl methyl sites for hydroxylation is 1. The third kappa shape index (κ3) is 5.29. The van der Waals surface area contributed by atoms with Crippen LogP contribution < -0.4 is 5.32 Å². The van der Waals surface area contributed by atoms with Gasteiger partial charge in [-0.1, -0.05) is 109 Å². The van der Waals surface area contributed by atoms with Crippen LogP contribution in [-0.4, -0.2) is 40.7 Å². The van der Waals surface area contributed by atoms with Crippen LogP contribution in [0.5, 0.6) is 0 Å². The van der Waals surface area contributed by atoms with Crippen LogP contribution in [0.2, 0.25) is 0 Å². The average molecular weight is 609 g/mol. The summed E-state index contributed by atoms with van der Waals surface area (Å²) in [6.45, 7) is 3.64. The molecule has 2 heterocycles. The molecule has 1 amide bonds.